The molecule has 0 saturated carbocycles. The lowest BCUT2D eigenvalue weighted by molar-refractivity contribution is -0.154. The molecule has 0 unspecified atom stereocenters. The number of nitrogens with two attached hydrogens (primary N) is 1. The summed E-state index contributed by atoms with van der Waals surface area (Å²) >= 11 is 0. The van der Waals surface area contributed by atoms with E-state index < -0.39 is 11.7 Å². The van der Waals surface area contributed by atoms with E-state index in [9.17, 15) is 24.0 Å². The number of imide groups is 2. The number of likely N-dealkylation sites (tertiary alicyclic amines) is 2. The highest BCUT2D eigenvalue weighted by molar-refractivity contribution is 5.99. The van der Waals surface area contributed by atoms with Crippen molar-refractivity contribution in [2.75, 3.05) is 13.1 Å². The fraction of sp³-hybridized carbons (Fsp3) is 0.839. The Kier molecular flexibility index (Phi) is 13.3. The number of hydrogen-bond acceptors (Lipinski definition) is 7. The van der Waals surface area contributed by atoms with E-state index in [1.807, 2.05) is 69.2 Å². The van der Waals surface area contributed by atoms with Crippen molar-refractivity contribution in [3.63, 3.8) is 0 Å². The summed E-state index contributed by atoms with van der Waals surface area (Å²) in [6, 6.07) is -0.571. The molecule has 0 spiro atoms. The molecule has 0 aromatic rings. The second kappa shape index (κ2) is 14.1. The quantitative estimate of drug-likeness (QED) is 0.412. The molecule has 3 N–H and O–H groups in total. The van der Waals surface area contributed by atoms with E-state index in [1.54, 1.807) is 20.8 Å². The monoisotopic (exact) mass is 616 g/mol. The molecule has 10 nitrogen and oxygen atoms in total. The van der Waals surface area contributed by atoms with Gasteiger partial charge in [0.2, 0.25) is 23.6 Å². The standard InChI is InChI=1S/C18H32N2O4.C13H24N2O2.ClH/c1-16(2,3)12(19-15(23)24-17(4,5)6)11-20-13(21)9-18(7,8)10-14(20)22;1-12(2,3)9(14)8-15-10(16)6-13(4,5)7-11(15)17;/h12H,9-11H2,1-8H3,(H,19,23);9H,6-8,14H2,1-5H3;1H/t12-;9-;/m11./s1. The van der Waals surface area contributed by atoms with Gasteiger partial charge in [-0.1, -0.05) is 69.2 Å². The summed E-state index contributed by atoms with van der Waals surface area (Å²) in [5.74, 6) is -0.551. The third-order valence-electron chi connectivity index (χ3n) is 7.32. The molecule has 11 heteroatoms. The highest BCUT2D eigenvalue weighted by atomic mass is 35.5. The lowest BCUT2D eigenvalue weighted by atomic mass is 9.80. The van der Waals surface area contributed by atoms with Gasteiger partial charge in [0.1, 0.15) is 5.60 Å². The zero-order valence-corrected chi connectivity index (χ0v) is 29.0. The lowest BCUT2D eigenvalue weighted by Crippen LogP contribution is -2.56. The summed E-state index contributed by atoms with van der Waals surface area (Å²) in [5.41, 5.74) is 4.47. The highest BCUT2D eigenvalue weighted by Gasteiger charge is 2.41. The van der Waals surface area contributed by atoms with Crippen LogP contribution in [0.5, 0.6) is 0 Å². The number of amides is 5. The van der Waals surface area contributed by atoms with Crippen LogP contribution in [0.2, 0.25) is 0 Å². The Balaban J connectivity index is 0.000000825. The average molecular weight is 617 g/mol. The number of alkyl carbamates (subject to hydrolysis) is 1. The summed E-state index contributed by atoms with van der Waals surface area (Å²) in [7, 11) is 0. The first-order valence-electron chi connectivity index (χ1n) is 14.6. The Labute approximate surface area is 259 Å². The molecule has 2 aliphatic heterocycles. The minimum absolute atomic E-state index is 0. The van der Waals surface area contributed by atoms with E-state index in [4.69, 9.17) is 10.5 Å². The van der Waals surface area contributed by atoms with Gasteiger partial charge in [-0.15, -0.1) is 12.4 Å². The predicted octanol–water partition coefficient (Wildman–Crippen LogP) is 5.06. The molecule has 2 rings (SSSR count). The minimum atomic E-state index is -0.604. The van der Waals surface area contributed by atoms with Crippen molar-refractivity contribution in [3.8, 4) is 0 Å². The summed E-state index contributed by atoms with van der Waals surface area (Å²) in [4.78, 5) is 63.3. The highest BCUT2D eigenvalue weighted by Crippen LogP contribution is 2.33. The van der Waals surface area contributed by atoms with Crippen molar-refractivity contribution < 1.29 is 28.7 Å². The molecule has 0 bridgehead atoms. The Bertz CT molecular complexity index is 964. The van der Waals surface area contributed by atoms with Crippen molar-refractivity contribution in [1.82, 2.24) is 15.1 Å². The largest absolute Gasteiger partial charge is 0.444 e. The second-order valence-corrected chi connectivity index (χ2v) is 16.4. The van der Waals surface area contributed by atoms with Gasteiger partial charge in [0.05, 0.1) is 6.04 Å². The molecule has 2 saturated heterocycles. The molecule has 2 aliphatic rings. The maximum Gasteiger partial charge on any atom is 0.407 e. The maximum absolute atomic E-state index is 12.4. The molecular formula is C31H57ClN4O6. The van der Waals surface area contributed by atoms with Crippen molar-refractivity contribution in [2.45, 2.75) is 133 Å². The van der Waals surface area contributed by atoms with Gasteiger partial charge in [-0.2, -0.15) is 0 Å². The molecule has 42 heavy (non-hydrogen) atoms. The van der Waals surface area contributed by atoms with Crippen LogP contribution in [0.25, 0.3) is 0 Å². The van der Waals surface area contributed by atoms with Crippen LogP contribution in [-0.2, 0) is 23.9 Å². The Morgan fingerprint density at radius 3 is 1.36 bits per heavy atom. The van der Waals surface area contributed by atoms with Gasteiger partial charge in [0, 0.05) is 44.8 Å². The minimum Gasteiger partial charge on any atom is -0.444 e. The number of nitrogens with one attached hydrogen (secondary N) is 1. The number of nitrogens with zero attached hydrogens (tertiary/aromatic N) is 2. The number of rotatable bonds is 5. The fourth-order valence-corrected chi connectivity index (χ4v) is 4.47. The third-order valence-corrected chi connectivity index (χ3v) is 7.32. The maximum atomic E-state index is 12.4. The van der Waals surface area contributed by atoms with Gasteiger partial charge in [-0.3, -0.25) is 29.0 Å². The van der Waals surface area contributed by atoms with Crippen molar-refractivity contribution in [2.24, 2.45) is 27.4 Å². The van der Waals surface area contributed by atoms with E-state index >= 15 is 0 Å². The smallest absolute Gasteiger partial charge is 0.407 e. The van der Waals surface area contributed by atoms with Crippen LogP contribution >= 0.6 is 12.4 Å². The molecule has 0 aromatic heterocycles. The van der Waals surface area contributed by atoms with E-state index in [0.29, 0.717) is 32.2 Å². The number of carbonyl (C=O) groups excluding carboxylic acids is 5. The number of halogens is 1. The zero-order chi connectivity index (χ0) is 32.4. The van der Waals surface area contributed by atoms with Crippen LogP contribution in [0, 0.1) is 21.7 Å². The molecule has 0 aromatic carbocycles. The topological polar surface area (TPSA) is 139 Å². The van der Waals surface area contributed by atoms with Gasteiger partial charge >= 0.3 is 6.09 Å². The first-order chi connectivity index (χ1) is 18.1. The van der Waals surface area contributed by atoms with Gasteiger partial charge in [0.25, 0.3) is 0 Å². The van der Waals surface area contributed by atoms with Crippen LogP contribution in [-0.4, -0.2) is 70.3 Å². The van der Waals surface area contributed by atoms with Crippen LogP contribution in [0.3, 0.4) is 0 Å². The van der Waals surface area contributed by atoms with Gasteiger partial charge < -0.3 is 15.8 Å². The van der Waals surface area contributed by atoms with E-state index in [2.05, 4.69) is 5.32 Å². The first-order valence-corrected chi connectivity index (χ1v) is 14.6. The third kappa shape index (κ3) is 13.0. The van der Waals surface area contributed by atoms with Crippen molar-refractivity contribution in [3.05, 3.63) is 0 Å². The Morgan fingerprint density at radius 1 is 0.738 bits per heavy atom. The summed E-state index contributed by atoms with van der Waals surface area (Å²) < 4.78 is 5.30. The molecule has 244 valence electrons. The first kappa shape index (κ1) is 39.8. The molecule has 2 atom stereocenters. The number of carbonyl (C=O) groups is 5. The summed E-state index contributed by atoms with van der Waals surface area (Å²) in [6.45, 7) is 25.5. The van der Waals surface area contributed by atoms with Gasteiger partial charge in [0.15, 0.2) is 0 Å². The number of hydrogen-bond donors (Lipinski definition) is 2. The Morgan fingerprint density at radius 2 is 1.07 bits per heavy atom. The lowest BCUT2D eigenvalue weighted by Gasteiger charge is -2.39. The van der Waals surface area contributed by atoms with E-state index in [1.165, 1.54) is 9.80 Å². The SMILES string of the molecule is CC1(C)CC(=O)N(C[C@@H](N)C(C)(C)C)C(=O)C1.CC1(C)CC(=O)N(C[C@@H](NC(=O)OC(C)(C)C)C(C)(C)C)C(=O)C1.Cl. The summed E-state index contributed by atoms with van der Waals surface area (Å²) in [5, 5.41) is 2.82. The van der Waals surface area contributed by atoms with Crippen LogP contribution in [0.15, 0.2) is 0 Å². The molecule has 0 aliphatic carbocycles. The molecule has 5 amide bonds. The van der Waals surface area contributed by atoms with Gasteiger partial charge in [-0.25, -0.2) is 4.79 Å². The van der Waals surface area contributed by atoms with E-state index in [-0.39, 0.29) is 76.3 Å². The van der Waals surface area contributed by atoms with Crippen LogP contribution in [0.4, 0.5) is 4.79 Å². The predicted molar refractivity (Wildman–Crippen MR) is 167 cm³/mol. The van der Waals surface area contributed by atoms with Crippen molar-refractivity contribution >= 4 is 42.1 Å². The normalized spacial score (nSPS) is 20.6. The second-order valence-electron chi connectivity index (χ2n) is 16.4. The van der Waals surface area contributed by atoms with Gasteiger partial charge in [-0.05, 0) is 42.4 Å². The van der Waals surface area contributed by atoms with Crippen LogP contribution in [0.1, 0.15) is 116 Å². The molecule has 0 radical (unpaired) electrons. The molecule has 2 fully saturated rings. The molecule has 2 heterocycles. The zero-order valence-electron chi connectivity index (χ0n) is 28.2. The summed E-state index contributed by atoms with van der Waals surface area (Å²) in [6.07, 6.45) is 0.981. The Hall–Kier alpha value is -2.20. The van der Waals surface area contributed by atoms with Crippen molar-refractivity contribution in [1.29, 1.82) is 0 Å². The van der Waals surface area contributed by atoms with Crippen LogP contribution < -0.4 is 11.1 Å². The van der Waals surface area contributed by atoms with E-state index in [0.717, 1.165) is 0 Å². The number of piperidine rings is 2. The fourth-order valence-electron chi connectivity index (χ4n) is 4.47. The number of ether oxygens (including phenoxy) is 1. The molecular weight excluding hydrogens is 560 g/mol. The average Bonchev–Trinajstić information content (AvgIpc) is 2.68.